The lowest BCUT2D eigenvalue weighted by Crippen LogP contribution is -2.35. The van der Waals surface area contributed by atoms with E-state index in [1.54, 1.807) is 18.2 Å². The normalized spacial score (nSPS) is 9.72. The molecule has 2 amide bonds. The molecule has 1 aromatic carbocycles. The molecule has 0 heterocycles. The van der Waals surface area contributed by atoms with Gasteiger partial charge in [-0.2, -0.15) is 0 Å². The van der Waals surface area contributed by atoms with Crippen LogP contribution in [0.15, 0.2) is 18.2 Å². The molecule has 0 radical (unpaired) electrons. The molecule has 0 aliphatic heterocycles. The van der Waals surface area contributed by atoms with Gasteiger partial charge in [0, 0.05) is 18.8 Å². The van der Waals surface area contributed by atoms with Crippen molar-refractivity contribution in [2.75, 3.05) is 26.0 Å². The minimum Gasteiger partial charge on any atom is -0.495 e. The number of nitrogens with zero attached hydrogens (tertiary/aromatic N) is 1. The molecule has 7 heteroatoms. The molecule has 0 saturated heterocycles. The fourth-order valence-electron chi connectivity index (χ4n) is 1.23. The Morgan fingerprint density at radius 3 is 2.72 bits per heavy atom. The smallest absolute Gasteiger partial charge is 0.323 e. The number of ether oxygens (including phenoxy) is 1. The summed E-state index contributed by atoms with van der Waals surface area (Å²) in [5.74, 6) is -0.656. The minimum atomic E-state index is -1.08. The molecule has 0 atom stereocenters. The van der Waals surface area contributed by atoms with Crippen molar-refractivity contribution in [2.24, 2.45) is 0 Å². The number of anilines is 1. The van der Waals surface area contributed by atoms with Gasteiger partial charge in [-0.15, -0.1) is 0 Å². The molecule has 0 fully saturated rings. The van der Waals surface area contributed by atoms with E-state index in [9.17, 15) is 9.59 Å². The van der Waals surface area contributed by atoms with Crippen molar-refractivity contribution in [1.82, 2.24) is 4.90 Å². The van der Waals surface area contributed by atoms with Crippen LogP contribution >= 0.6 is 11.6 Å². The molecular formula is C11H13ClN2O4. The fourth-order valence-corrected chi connectivity index (χ4v) is 1.43. The summed E-state index contributed by atoms with van der Waals surface area (Å²) < 4.78 is 5.00. The lowest BCUT2D eigenvalue weighted by atomic mass is 10.3. The number of carbonyl (C=O) groups is 2. The van der Waals surface area contributed by atoms with Gasteiger partial charge in [-0.1, -0.05) is 11.6 Å². The molecule has 0 spiro atoms. The first-order valence-electron chi connectivity index (χ1n) is 5.01. The molecule has 2 N–H and O–H groups in total. The molecule has 0 unspecified atom stereocenters. The van der Waals surface area contributed by atoms with Crippen LogP contribution in [0.2, 0.25) is 5.02 Å². The molecule has 1 rings (SSSR count). The molecule has 0 aliphatic carbocycles. The molecule has 0 aromatic heterocycles. The number of hydrogen-bond acceptors (Lipinski definition) is 3. The Balaban J connectivity index is 2.72. The highest BCUT2D eigenvalue weighted by molar-refractivity contribution is 6.32. The highest BCUT2D eigenvalue weighted by Crippen LogP contribution is 2.27. The molecule has 98 valence electrons. The molecular weight excluding hydrogens is 260 g/mol. The third-order valence-corrected chi connectivity index (χ3v) is 2.43. The standard InChI is InChI=1S/C11H13ClN2O4/c1-14(6-10(15)16)11(17)13-7-3-4-8(12)9(5-7)18-2/h3-5H,6H2,1-2H3,(H,13,17)(H,15,16). The van der Waals surface area contributed by atoms with Crippen LogP contribution in [0.25, 0.3) is 0 Å². The van der Waals surface area contributed by atoms with Crippen LogP contribution in [0.5, 0.6) is 5.75 Å². The van der Waals surface area contributed by atoms with Gasteiger partial charge in [0.1, 0.15) is 12.3 Å². The summed E-state index contributed by atoms with van der Waals surface area (Å²) >= 11 is 5.84. The summed E-state index contributed by atoms with van der Waals surface area (Å²) in [6, 6.07) is 4.20. The van der Waals surface area contributed by atoms with Crippen molar-refractivity contribution in [3.8, 4) is 5.75 Å². The summed E-state index contributed by atoms with van der Waals surface area (Å²) in [6.45, 7) is -0.378. The molecule has 0 bridgehead atoms. The Bertz CT molecular complexity index is 464. The minimum absolute atomic E-state index is 0.378. The quantitative estimate of drug-likeness (QED) is 0.877. The third-order valence-electron chi connectivity index (χ3n) is 2.12. The van der Waals surface area contributed by atoms with E-state index < -0.39 is 12.0 Å². The van der Waals surface area contributed by atoms with E-state index in [2.05, 4.69) is 5.32 Å². The highest BCUT2D eigenvalue weighted by Gasteiger charge is 2.12. The summed E-state index contributed by atoms with van der Waals surface area (Å²) in [5, 5.41) is 11.5. The monoisotopic (exact) mass is 272 g/mol. The van der Waals surface area contributed by atoms with Gasteiger partial charge in [-0.3, -0.25) is 4.79 Å². The number of likely N-dealkylation sites (N-methyl/N-ethyl adjacent to an activating group) is 1. The number of benzene rings is 1. The third kappa shape index (κ3) is 3.81. The zero-order valence-corrected chi connectivity index (χ0v) is 10.7. The van der Waals surface area contributed by atoms with E-state index in [1.807, 2.05) is 0 Å². The number of carboxylic acid groups (broad SMARTS) is 1. The van der Waals surface area contributed by atoms with E-state index in [0.29, 0.717) is 16.5 Å². The first kappa shape index (κ1) is 14.1. The van der Waals surface area contributed by atoms with Gasteiger partial charge in [0.2, 0.25) is 0 Å². The predicted octanol–water partition coefficient (Wildman–Crippen LogP) is 1.90. The van der Waals surface area contributed by atoms with Gasteiger partial charge < -0.3 is 20.1 Å². The van der Waals surface area contributed by atoms with Crippen molar-refractivity contribution in [1.29, 1.82) is 0 Å². The molecule has 0 aliphatic rings. The highest BCUT2D eigenvalue weighted by atomic mass is 35.5. The van der Waals surface area contributed by atoms with Crippen molar-refractivity contribution in [2.45, 2.75) is 0 Å². The summed E-state index contributed by atoms with van der Waals surface area (Å²) in [6.07, 6.45) is 0. The first-order valence-corrected chi connectivity index (χ1v) is 5.39. The zero-order valence-electron chi connectivity index (χ0n) is 9.94. The number of carbonyl (C=O) groups excluding carboxylic acids is 1. The summed E-state index contributed by atoms with van der Waals surface area (Å²) in [4.78, 5) is 23.1. The van der Waals surface area contributed by atoms with Crippen LogP contribution in [0.1, 0.15) is 0 Å². The van der Waals surface area contributed by atoms with Crippen LogP contribution < -0.4 is 10.1 Å². The predicted molar refractivity (Wildman–Crippen MR) is 67.3 cm³/mol. The van der Waals surface area contributed by atoms with Crippen LogP contribution in [-0.4, -0.2) is 42.7 Å². The number of halogens is 1. The number of hydrogen-bond donors (Lipinski definition) is 2. The van der Waals surface area contributed by atoms with Crippen LogP contribution in [0.3, 0.4) is 0 Å². The number of methoxy groups -OCH3 is 1. The lowest BCUT2D eigenvalue weighted by Gasteiger charge is -2.16. The van der Waals surface area contributed by atoms with Gasteiger partial charge in [0.05, 0.1) is 12.1 Å². The van der Waals surface area contributed by atoms with Crippen molar-refractivity contribution in [3.63, 3.8) is 0 Å². The molecule has 1 aromatic rings. The average Bonchev–Trinajstić information content (AvgIpc) is 2.30. The SMILES string of the molecule is COc1cc(NC(=O)N(C)CC(=O)O)ccc1Cl. The number of nitrogens with one attached hydrogen (secondary N) is 1. The number of rotatable bonds is 4. The average molecular weight is 273 g/mol. The van der Waals surface area contributed by atoms with Crippen molar-refractivity contribution in [3.05, 3.63) is 23.2 Å². The van der Waals surface area contributed by atoms with Gasteiger partial charge in [-0.25, -0.2) is 4.79 Å². The maximum absolute atomic E-state index is 11.6. The number of aliphatic carboxylic acids is 1. The van der Waals surface area contributed by atoms with Gasteiger partial charge >= 0.3 is 12.0 Å². The van der Waals surface area contributed by atoms with Gasteiger partial charge in [0.15, 0.2) is 0 Å². The zero-order chi connectivity index (χ0) is 13.7. The second kappa shape index (κ2) is 6.11. The molecule has 6 nitrogen and oxygen atoms in total. The van der Waals surface area contributed by atoms with E-state index in [4.69, 9.17) is 21.4 Å². The largest absolute Gasteiger partial charge is 0.495 e. The van der Waals surface area contributed by atoms with Crippen LogP contribution in [0, 0.1) is 0 Å². The lowest BCUT2D eigenvalue weighted by molar-refractivity contribution is -0.137. The Labute approximate surface area is 109 Å². The van der Waals surface area contributed by atoms with E-state index in [-0.39, 0.29) is 6.54 Å². The Morgan fingerprint density at radius 2 is 2.17 bits per heavy atom. The second-order valence-electron chi connectivity index (χ2n) is 3.53. The van der Waals surface area contributed by atoms with Crippen molar-refractivity contribution >= 4 is 29.3 Å². The van der Waals surface area contributed by atoms with Crippen LogP contribution in [0.4, 0.5) is 10.5 Å². The summed E-state index contributed by atoms with van der Waals surface area (Å²) in [5.41, 5.74) is 0.471. The van der Waals surface area contributed by atoms with E-state index in [1.165, 1.54) is 14.2 Å². The van der Waals surface area contributed by atoms with E-state index in [0.717, 1.165) is 4.90 Å². The topological polar surface area (TPSA) is 78.9 Å². The van der Waals surface area contributed by atoms with Crippen LogP contribution in [-0.2, 0) is 4.79 Å². The van der Waals surface area contributed by atoms with Crippen molar-refractivity contribution < 1.29 is 19.4 Å². The molecule has 18 heavy (non-hydrogen) atoms. The molecule has 0 saturated carbocycles. The maximum atomic E-state index is 11.6. The fraction of sp³-hybridized carbons (Fsp3) is 0.273. The number of amides is 2. The Hall–Kier alpha value is -1.95. The van der Waals surface area contributed by atoms with E-state index >= 15 is 0 Å². The number of urea groups is 1. The maximum Gasteiger partial charge on any atom is 0.323 e. The first-order chi connectivity index (χ1) is 8.43. The second-order valence-corrected chi connectivity index (χ2v) is 3.94. The number of carboxylic acids is 1. The summed E-state index contributed by atoms with van der Waals surface area (Å²) in [7, 11) is 2.85. The van der Waals surface area contributed by atoms with Gasteiger partial charge in [-0.05, 0) is 12.1 Å². The Kier molecular flexibility index (Phi) is 4.79. The Morgan fingerprint density at radius 1 is 1.50 bits per heavy atom. The van der Waals surface area contributed by atoms with Gasteiger partial charge in [0.25, 0.3) is 0 Å².